The van der Waals surface area contributed by atoms with E-state index in [1.807, 2.05) is 13.8 Å². The van der Waals surface area contributed by atoms with Crippen LogP contribution < -0.4 is 4.80 Å². The highest BCUT2D eigenvalue weighted by Gasteiger charge is 2.11. The van der Waals surface area contributed by atoms with Gasteiger partial charge in [0.25, 0.3) is 5.91 Å². The molecule has 0 N–H and O–H groups in total. The van der Waals surface area contributed by atoms with Crippen molar-refractivity contribution in [2.45, 2.75) is 34.2 Å². The number of nitrogens with zero attached hydrogens (tertiary/aromatic N) is 2. The van der Waals surface area contributed by atoms with Crippen LogP contribution in [-0.2, 0) is 11.3 Å². The molecule has 0 spiro atoms. The van der Waals surface area contributed by atoms with Gasteiger partial charge in [-0.05, 0) is 43.4 Å². The van der Waals surface area contributed by atoms with E-state index in [1.165, 1.54) is 21.3 Å². The molecule has 0 aliphatic rings. The first-order valence-electron chi connectivity index (χ1n) is 7.12. The van der Waals surface area contributed by atoms with E-state index in [9.17, 15) is 4.79 Å². The molecule has 0 aliphatic heterocycles. The fraction of sp³-hybridized carbons (Fsp3) is 0.500. The van der Waals surface area contributed by atoms with E-state index in [1.54, 1.807) is 23.1 Å². The number of rotatable bonds is 4. The van der Waals surface area contributed by atoms with Crippen LogP contribution in [0.15, 0.2) is 17.1 Å². The van der Waals surface area contributed by atoms with Crippen molar-refractivity contribution in [3.8, 4) is 0 Å². The molecule has 1 heterocycles. The van der Waals surface area contributed by atoms with Crippen LogP contribution in [0.25, 0.3) is 10.2 Å². The Kier molecular flexibility index (Phi) is 5.27. The molecule has 1 aromatic carbocycles. The van der Waals surface area contributed by atoms with Crippen molar-refractivity contribution in [3.63, 3.8) is 0 Å². The molecule has 1 aromatic heterocycles. The number of fused-ring (bicyclic) bond motifs is 1. The van der Waals surface area contributed by atoms with Crippen molar-refractivity contribution >= 4 is 39.2 Å². The lowest BCUT2D eigenvalue weighted by atomic mass is 10.1. The SMILES string of the molecule is CSCCn1c(=NC(=O)C(C)C)sc2cc(C)c(C)cc21. The summed E-state index contributed by atoms with van der Waals surface area (Å²) in [6.07, 6.45) is 2.10. The number of aromatic nitrogens is 1. The molecule has 114 valence electrons. The van der Waals surface area contributed by atoms with Crippen molar-refractivity contribution in [2.75, 3.05) is 12.0 Å². The summed E-state index contributed by atoms with van der Waals surface area (Å²) in [5, 5.41) is 0. The zero-order valence-electron chi connectivity index (χ0n) is 13.3. The number of aryl methyl sites for hydroxylation is 3. The molecule has 0 saturated heterocycles. The van der Waals surface area contributed by atoms with E-state index >= 15 is 0 Å². The third-order valence-electron chi connectivity index (χ3n) is 3.52. The Balaban J connectivity index is 2.65. The Bertz CT molecular complexity index is 726. The van der Waals surface area contributed by atoms with Crippen LogP contribution >= 0.6 is 23.1 Å². The molecule has 0 atom stereocenters. The minimum Gasteiger partial charge on any atom is -0.316 e. The van der Waals surface area contributed by atoms with Crippen LogP contribution in [0.1, 0.15) is 25.0 Å². The minimum absolute atomic E-state index is 0.0482. The zero-order valence-corrected chi connectivity index (χ0v) is 14.9. The number of thiazole rings is 1. The maximum atomic E-state index is 12.0. The van der Waals surface area contributed by atoms with E-state index in [-0.39, 0.29) is 11.8 Å². The van der Waals surface area contributed by atoms with E-state index in [0.717, 1.165) is 17.1 Å². The van der Waals surface area contributed by atoms with Crippen molar-refractivity contribution < 1.29 is 4.79 Å². The summed E-state index contributed by atoms with van der Waals surface area (Å²) < 4.78 is 3.39. The summed E-state index contributed by atoms with van der Waals surface area (Å²) in [6, 6.07) is 4.41. The van der Waals surface area contributed by atoms with Crippen molar-refractivity contribution in [2.24, 2.45) is 10.9 Å². The van der Waals surface area contributed by atoms with Crippen LogP contribution in [0, 0.1) is 19.8 Å². The Labute approximate surface area is 134 Å². The van der Waals surface area contributed by atoms with Gasteiger partial charge in [-0.1, -0.05) is 25.2 Å². The maximum Gasteiger partial charge on any atom is 0.250 e. The molecule has 0 bridgehead atoms. The molecule has 0 fully saturated rings. The average Bonchev–Trinajstić information content (AvgIpc) is 2.73. The van der Waals surface area contributed by atoms with Gasteiger partial charge in [0, 0.05) is 18.2 Å². The van der Waals surface area contributed by atoms with E-state index in [4.69, 9.17) is 0 Å². The number of hydrogen-bond acceptors (Lipinski definition) is 3. The third kappa shape index (κ3) is 3.58. The second-order valence-electron chi connectivity index (χ2n) is 5.54. The van der Waals surface area contributed by atoms with Gasteiger partial charge in [0.2, 0.25) is 0 Å². The number of hydrogen-bond donors (Lipinski definition) is 0. The van der Waals surface area contributed by atoms with Crippen LogP contribution in [0.3, 0.4) is 0 Å². The molecule has 21 heavy (non-hydrogen) atoms. The van der Waals surface area contributed by atoms with Crippen molar-refractivity contribution in [1.29, 1.82) is 0 Å². The molecule has 5 heteroatoms. The molecular formula is C16H22N2OS2. The number of carbonyl (C=O) groups is 1. The minimum atomic E-state index is -0.0623. The van der Waals surface area contributed by atoms with Gasteiger partial charge in [-0.2, -0.15) is 16.8 Å². The number of carbonyl (C=O) groups excluding carboxylic acids is 1. The molecular weight excluding hydrogens is 300 g/mol. The monoisotopic (exact) mass is 322 g/mol. The van der Waals surface area contributed by atoms with Gasteiger partial charge >= 0.3 is 0 Å². The molecule has 0 saturated carbocycles. The molecule has 2 aromatic rings. The van der Waals surface area contributed by atoms with Crippen LogP contribution in [0.2, 0.25) is 0 Å². The second-order valence-corrected chi connectivity index (χ2v) is 7.53. The first kappa shape index (κ1) is 16.3. The van der Waals surface area contributed by atoms with Gasteiger partial charge in [-0.25, -0.2) is 0 Å². The van der Waals surface area contributed by atoms with Crippen LogP contribution in [-0.4, -0.2) is 22.5 Å². The Morgan fingerprint density at radius 3 is 2.62 bits per heavy atom. The summed E-state index contributed by atoms with van der Waals surface area (Å²) >= 11 is 3.42. The highest BCUT2D eigenvalue weighted by atomic mass is 32.2. The highest BCUT2D eigenvalue weighted by Crippen LogP contribution is 2.22. The zero-order chi connectivity index (χ0) is 15.6. The summed E-state index contributed by atoms with van der Waals surface area (Å²) in [5.41, 5.74) is 3.75. The number of amides is 1. The van der Waals surface area contributed by atoms with Gasteiger partial charge in [0.1, 0.15) is 0 Å². The predicted octanol–water partition coefficient (Wildman–Crippen LogP) is 3.77. The highest BCUT2D eigenvalue weighted by molar-refractivity contribution is 7.98. The molecule has 0 aliphatic carbocycles. The van der Waals surface area contributed by atoms with Gasteiger partial charge < -0.3 is 4.57 Å². The largest absolute Gasteiger partial charge is 0.316 e. The Morgan fingerprint density at radius 1 is 1.33 bits per heavy atom. The summed E-state index contributed by atoms with van der Waals surface area (Å²) in [4.78, 5) is 17.1. The quantitative estimate of drug-likeness (QED) is 0.859. The van der Waals surface area contributed by atoms with Crippen LogP contribution in [0.4, 0.5) is 0 Å². The smallest absolute Gasteiger partial charge is 0.250 e. The summed E-state index contributed by atoms with van der Waals surface area (Å²) in [7, 11) is 0. The molecule has 1 amide bonds. The van der Waals surface area contributed by atoms with Gasteiger partial charge in [-0.15, -0.1) is 0 Å². The lowest BCUT2D eigenvalue weighted by Gasteiger charge is -2.06. The van der Waals surface area contributed by atoms with Gasteiger partial charge in [0.05, 0.1) is 10.2 Å². The van der Waals surface area contributed by atoms with E-state index < -0.39 is 0 Å². The number of benzene rings is 1. The predicted molar refractivity (Wildman–Crippen MR) is 93.1 cm³/mol. The van der Waals surface area contributed by atoms with Gasteiger partial charge in [0.15, 0.2) is 4.80 Å². The molecule has 0 radical (unpaired) electrons. The molecule has 2 rings (SSSR count). The standard InChI is InChI=1S/C16H22N2OS2/c1-10(2)15(19)17-16-18(6-7-20-5)13-8-11(3)12(4)9-14(13)21-16/h8-10H,6-7H2,1-5H3. The summed E-state index contributed by atoms with van der Waals surface area (Å²) in [5.74, 6) is 0.905. The van der Waals surface area contributed by atoms with Crippen molar-refractivity contribution in [1.82, 2.24) is 4.57 Å². The Hall–Kier alpha value is -1.07. The third-order valence-corrected chi connectivity index (χ3v) is 5.15. The fourth-order valence-electron chi connectivity index (χ4n) is 2.03. The first-order valence-corrected chi connectivity index (χ1v) is 9.33. The number of thioether (sulfide) groups is 1. The molecule has 3 nitrogen and oxygen atoms in total. The van der Waals surface area contributed by atoms with Crippen molar-refractivity contribution in [3.05, 3.63) is 28.1 Å². The average molecular weight is 322 g/mol. The van der Waals surface area contributed by atoms with E-state index in [0.29, 0.717) is 0 Å². The lowest BCUT2D eigenvalue weighted by molar-refractivity contribution is -0.120. The maximum absolute atomic E-state index is 12.0. The van der Waals surface area contributed by atoms with Gasteiger partial charge in [-0.3, -0.25) is 4.79 Å². The summed E-state index contributed by atoms with van der Waals surface area (Å²) in [6.45, 7) is 8.91. The second kappa shape index (κ2) is 6.79. The normalized spacial score (nSPS) is 12.6. The topological polar surface area (TPSA) is 34.4 Å². The van der Waals surface area contributed by atoms with E-state index in [2.05, 4.69) is 41.8 Å². The lowest BCUT2D eigenvalue weighted by Crippen LogP contribution is -2.19. The van der Waals surface area contributed by atoms with Crippen LogP contribution in [0.5, 0.6) is 0 Å². The fourth-order valence-corrected chi connectivity index (χ4v) is 3.54. The molecule has 0 unspecified atom stereocenters. The first-order chi connectivity index (χ1) is 9.93. The Morgan fingerprint density at radius 2 is 2.00 bits per heavy atom.